The van der Waals surface area contributed by atoms with Crippen molar-refractivity contribution in [3.05, 3.63) is 0 Å². The highest BCUT2D eigenvalue weighted by molar-refractivity contribution is 7.89. The van der Waals surface area contributed by atoms with E-state index in [9.17, 15) is 8.42 Å². The lowest BCUT2D eigenvalue weighted by Gasteiger charge is -2.23. The van der Waals surface area contributed by atoms with Crippen LogP contribution in [0, 0.1) is 11.8 Å². The first-order valence-corrected chi connectivity index (χ1v) is 8.41. The highest BCUT2D eigenvalue weighted by atomic mass is 32.2. The number of sulfonamides is 1. The molecule has 1 aliphatic heterocycles. The maximum absolute atomic E-state index is 12.0. The Labute approximate surface area is 105 Å². The predicted molar refractivity (Wildman–Crippen MR) is 69.3 cm³/mol. The third-order valence-corrected chi connectivity index (χ3v) is 5.50. The maximum atomic E-state index is 12.0. The lowest BCUT2D eigenvalue weighted by molar-refractivity contribution is 0.401. The molecule has 17 heavy (non-hydrogen) atoms. The van der Waals surface area contributed by atoms with Gasteiger partial charge in [0.25, 0.3) is 0 Å². The Morgan fingerprint density at radius 3 is 2.71 bits per heavy atom. The molecule has 100 valence electrons. The van der Waals surface area contributed by atoms with Crippen molar-refractivity contribution in [2.24, 2.45) is 11.8 Å². The van der Waals surface area contributed by atoms with E-state index in [0.717, 1.165) is 45.2 Å². The molecule has 1 saturated heterocycles. The molecule has 2 rings (SSSR count). The van der Waals surface area contributed by atoms with E-state index in [-0.39, 0.29) is 6.04 Å². The highest BCUT2D eigenvalue weighted by Gasteiger charge is 2.27. The highest BCUT2D eigenvalue weighted by Crippen LogP contribution is 2.25. The van der Waals surface area contributed by atoms with Crippen LogP contribution in [0.15, 0.2) is 0 Å². The Morgan fingerprint density at radius 2 is 2.12 bits per heavy atom. The molecule has 3 unspecified atom stereocenters. The molecular weight excluding hydrogens is 236 g/mol. The van der Waals surface area contributed by atoms with Gasteiger partial charge < -0.3 is 5.32 Å². The van der Waals surface area contributed by atoms with Crippen molar-refractivity contribution in [3.8, 4) is 0 Å². The van der Waals surface area contributed by atoms with Crippen molar-refractivity contribution >= 4 is 10.0 Å². The Bertz CT molecular complexity index is 324. The lowest BCUT2D eigenvalue weighted by Crippen LogP contribution is -2.40. The fraction of sp³-hybridized carbons (Fsp3) is 1.00. The fourth-order valence-electron chi connectivity index (χ4n) is 2.99. The summed E-state index contributed by atoms with van der Waals surface area (Å²) in [5, 5.41) is 3.27. The number of rotatable bonds is 4. The number of piperidine rings is 1. The quantitative estimate of drug-likeness (QED) is 0.795. The minimum Gasteiger partial charge on any atom is -0.316 e. The van der Waals surface area contributed by atoms with E-state index in [0.29, 0.717) is 17.6 Å². The van der Waals surface area contributed by atoms with Crippen LogP contribution in [0.25, 0.3) is 0 Å². The minimum absolute atomic E-state index is 0.187. The molecule has 0 amide bonds. The molecule has 1 heterocycles. The van der Waals surface area contributed by atoms with E-state index in [1.165, 1.54) is 0 Å². The van der Waals surface area contributed by atoms with Gasteiger partial charge in [-0.1, -0.05) is 6.92 Å². The molecule has 0 bridgehead atoms. The van der Waals surface area contributed by atoms with Gasteiger partial charge in [-0.05, 0) is 57.0 Å². The van der Waals surface area contributed by atoms with Gasteiger partial charge in [0.1, 0.15) is 0 Å². The van der Waals surface area contributed by atoms with Crippen LogP contribution in [0.4, 0.5) is 0 Å². The molecular formula is C12H24N2O2S. The van der Waals surface area contributed by atoms with Crippen molar-refractivity contribution in [1.29, 1.82) is 0 Å². The second-order valence-electron chi connectivity index (χ2n) is 5.73. The molecule has 1 saturated carbocycles. The van der Waals surface area contributed by atoms with Crippen LogP contribution in [0.2, 0.25) is 0 Å². The third-order valence-electron chi connectivity index (χ3n) is 3.90. The van der Waals surface area contributed by atoms with Gasteiger partial charge in [0, 0.05) is 6.04 Å². The van der Waals surface area contributed by atoms with Crippen molar-refractivity contribution < 1.29 is 8.42 Å². The van der Waals surface area contributed by atoms with Crippen molar-refractivity contribution in [1.82, 2.24) is 10.0 Å². The number of hydrogen-bond acceptors (Lipinski definition) is 3. The van der Waals surface area contributed by atoms with Gasteiger partial charge >= 0.3 is 0 Å². The smallest absolute Gasteiger partial charge is 0.212 e. The average Bonchev–Trinajstić information content (AvgIpc) is 2.63. The van der Waals surface area contributed by atoms with Crippen LogP contribution in [-0.2, 0) is 10.0 Å². The van der Waals surface area contributed by atoms with Crippen LogP contribution < -0.4 is 10.0 Å². The molecule has 0 radical (unpaired) electrons. The van der Waals surface area contributed by atoms with Crippen molar-refractivity contribution in [3.63, 3.8) is 0 Å². The molecule has 1 aliphatic carbocycles. The predicted octanol–water partition coefficient (Wildman–Crippen LogP) is 1.09. The van der Waals surface area contributed by atoms with Gasteiger partial charge in [-0.2, -0.15) is 0 Å². The second-order valence-corrected chi connectivity index (χ2v) is 7.53. The Balaban J connectivity index is 1.81. The topological polar surface area (TPSA) is 58.2 Å². The summed E-state index contributed by atoms with van der Waals surface area (Å²) in [6.45, 7) is 4.07. The number of nitrogens with one attached hydrogen (secondary N) is 2. The maximum Gasteiger partial charge on any atom is 0.212 e. The average molecular weight is 260 g/mol. The Morgan fingerprint density at radius 1 is 1.29 bits per heavy atom. The van der Waals surface area contributed by atoms with Gasteiger partial charge in [-0.15, -0.1) is 0 Å². The lowest BCUT2D eigenvalue weighted by atomic mass is 10.0. The van der Waals surface area contributed by atoms with E-state index in [1.54, 1.807) is 0 Å². The summed E-state index contributed by atoms with van der Waals surface area (Å²) in [4.78, 5) is 0. The van der Waals surface area contributed by atoms with E-state index < -0.39 is 10.0 Å². The normalized spacial score (nSPS) is 35.0. The molecule has 3 atom stereocenters. The molecule has 0 aromatic carbocycles. The van der Waals surface area contributed by atoms with Gasteiger partial charge in [0.2, 0.25) is 10.0 Å². The van der Waals surface area contributed by atoms with Gasteiger partial charge in [-0.3, -0.25) is 0 Å². The van der Waals surface area contributed by atoms with Crippen LogP contribution in [-0.4, -0.2) is 33.3 Å². The van der Waals surface area contributed by atoms with E-state index in [2.05, 4.69) is 17.0 Å². The van der Waals surface area contributed by atoms with Crippen molar-refractivity contribution in [2.75, 3.05) is 18.8 Å². The molecule has 2 fully saturated rings. The summed E-state index contributed by atoms with van der Waals surface area (Å²) < 4.78 is 26.9. The van der Waals surface area contributed by atoms with E-state index >= 15 is 0 Å². The summed E-state index contributed by atoms with van der Waals surface area (Å²) >= 11 is 0. The summed E-state index contributed by atoms with van der Waals surface area (Å²) in [5.74, 6) is 1.25. The monoisotopic (exact) mass is 260 g/mol. The zero-order chi connectivity index (χ0) is 12.3. The van der Waals surface area contributed by atoms with Crippen LogP contribution in [0.5, 0.6) is 0 Å². The SMILES string of the molecule is CC1CCC(NS(=O)(=O)CC2CCCNC2)C1. The summed E-state index contributed by atoms with van der Waals surface area (Å²) in [6.07, 6.45) is 5.29. The third kappa shape index (κ3) is 4.23. The Kier molecular flexibility index (Phi) is 4.44. The molecule has 0 aromatic heterocycles. The zero-order valence-corrected chi connectivity index (χ0v) is 11.4. The largest absolute Gasteiger partial charge is 0.316 e. The molecule has 0 aromatic rings. The summed E-state index contributed by atoms with van der Waals surface area (Å²) in [5.41, 5.74) is 0. The van der Waals surface area contributed by atoms with E-state index in [4.69, 9.17) is 0 Å². The molecule has 2 aliphatic rings. The first kappa shape index (κ1) is 13.3. The minimum atomic E-state index is -3.08. The Hall–Kier alpha value is -0.130. The summed E-state index contributed by atoms with van der Waals surface area (Å²) in [7, 11) is -3.08. The van der Waals surface area contributed by atoms with E-state index in [1.807, 2.05) is 0 Å². The fourth-order valence-corrected chi connectivity index (χ4v) is 4.72. The molecule has 2 N–H and O–H groups in total. The molecule has 5 heteroatoms. The van der Waals surface area contributed by atoms with Gasteiger partial charge in [-0.25, -0.2) is 13.1 Å². The standard InChI is InChI=1S/C12H24N2O2S/c1-10-4-5-12(7-10)14-17(15,16)9-11-3-2-6-13-8-11/h10-14H,2-9H2,1H3. The molecule has 4 nitrogen and oxygen atoms in total. The second kappa shape index (κ2) is 5.67. The van der Waals surface area contributed by atoms with Crippen LogP contribution in [0.1, 0.15) is 39.0 Å². The first-order chi connectivity index (χ1) is 8.05. The van der Waals surface area contributed by atoms with Crippen LogP contribution in [0.3, 0.4) is 0 Å². The van der Waals surface area contributed by atoms with Gasteiger partial charge in [0.05, 0.1) is 5.75 Å². The van der Waals surface area contributed by atoms with Crippen LogP contribution >= 0.6 is 0 Å². The zero-order valence-electron chi connectivity index (χ0n) is 10.6. The number of hydrogen-bond donors (Lipinski definition) is 2. The van der Waals surface area contributed by atoms with Crippen molar-refractivity contribution in [2.45, 2.75) is 45.1 Å². The molecule has 0 spiro atoms. The first-order valence-electron chi connectivity index (χ1n) is 6.76. The summed E-state index contributed by atoms with van der Waals surface area (Å²) in [6, 6.07) is 0.187. The van der Waals surface area contributed by atoms with Gasteiger partial charge in [0.15, 0.2) is 0 Å².